The summed E-state index contributed by atoms with van der Waals surface area (Å²) in [5.41, 5.74) is 6.23. The van der Waals surface area contributed by atoms with E-state index in [4.69, 9.17) is 5.73 Å². The second kappa shape index (κ2) is 2.84. The molecule has 1 amide bonds. The summed E-state index contributed by atoms with van der Waals surface area (Å²) in [6.07, 6.45) is 1.72. The maximum atomic E-state index is 10.6. The molecular formula is C7H12N2O. The number of carbonyl (C=O) groups is 1. The molecule has 10 heavy (non-hydrogen) atoms. The summed E-state index contributed by atoms with van der Waals surface area (Å²) in [6, 6.07) is -0.134. The minimum atomic E-state index is -0.257. The number of primary amides is 1. The number of carbonyl (C=O) groups excluding carboxylic acids is 1. The first kappa shape index (κ1) is 7.28. The van der Waals surface area contributed by atoms with Crippen molar-refractivity contribution in [2.75, 3.05) is 6.54 Å². The number of piperidine rings is 1. The van der Waals surface area contributed by atoms with Crippen LogP contribution in [0.1, 0.15) is 12.8 Å². The monoisotopic (exact) mass is 140 g/mol. The minimum Gasteiger partial charge on any atom is -0.368 e. The van der Waals surface area contributed by atoms with Gasteiger partial charge in [-0.25, -0.2) is 0 Å². The summed E-state index contributed by atoms with van der Waals surface area (Å²) in [5.74, 6) is -0.257. The second-order valence-electron chi connectivity index (χ2n) is 2.62. The summed E-state index contributed by atoms with van der Waals surface area (Å²) in [4.78, 5) is 10.6. The van der Waals surface area contributed by atoms with E-state index in [1.54, 1.807) is 0 Å². The van der Waals surface area contributed by atoms with E-state index in [2.05, 4.69) is 11.9 Å². The summed E-state index contributed by atoms with van der Waals surface area (Å²) in [7, 11) is 0. The van der Waals surface area contributed by atoms with Crippen molar-refractivity contribution in [1.29, 1.82) is 0 Å². The van der Waals surface area contributed by atoms with Crippen LogP contribution in [0.4, 0.5) is 0 Å². The van der Waals surface area contributed by atoms with E-state index in [-0.39, 0.29) is 11.9 Å². The molecule has 0 aromatic rings. The topological polar surface area (TPSA) is 55.1 Å². The molecule has 3 nitrogen and oxygen atoms in total. The fourth-order valence-corrected chi connectivity index (χ4v) is 1.05. The molecule has 3 N–H and O–H groups in total. The average Bonchev–Trinajstić information content (AvgIpc) is 1.88. The Bertz CT molecular complexity index is 155. The molecule has 0 bridgehead atoms. The molecule has 0 saturated carbocycles. The molecule has 0 aliphatic carbocycles. The molecule has 1 saturated heterocycles. The highest BCUT2D eigenvalue weighted by molar-refractivity contribution is 5.80. The van der Waals surface area contributed by atoms with Crippen LogP contribution in [0.2, 0.25) is 0 Å². The SMILES string of the molecule is C=C1CC[C@@H](C(N)=O)NC1. The molecule has 1 aliphatic heterocycles. The van der Waals surface area contributed by atoms with Crippen LogP contribution in [0.25, 0.3) is 0 Å². The summed E-state index contributed by atoms with van der Waals surface area (Å²) >= 11 is 0. The van der Waals surface area contributed by atoms with Crippen molar-refractivity contribution in [2.45, 2.75) is 18.9 Å². The Morgan fingerprint density at radius 2 is 2.50 bits per heavy atom. The largest absolute Gasteiger partial charge is 0.368 e. The molecule has 0 radical (unpaired) electrons. The van der Waals surface area contributed by atoms with Crippen LogP contribution in [0.15, 0.2) is 12.2 Å². The zero-order chi connectivity index (χ0) is 7.56. The van der Waals surface area contributed by atoms with Crippen LogP contribution in [-0.4, -0.2) is 18.5 Å². The fourth-order valence-electron chi connectivity index (χ4n) is 1.05. The van der Waals surface area contributed by atoms with Crippen LogP contribution in [0.5, 0.6) is 0 Å². The van der Waals surface area contributed by atoms with Gasteiger partial charge in [-0.2, -0.15) is 0 Å². The zero-order valence-corrected chi connectivity index (χ0v) is 5.89. The zero-order valence-electron chi connectivity index (χ0n) is 5.89. The minimum absolute atomic E-state index is 0.134. The van der Waals surface area contributed by atoms with Crippen molar-refractivity contribution < 1.29 is 4.79 Å². The van der Waals surface area contributed by atoms with Gasteiger partial charge in [-0.1, -0.05) is 12.2 Å². The van der Waals surface area contributed by atoms with Crippen molar-refractivity contribution >= 4 is 5.91 Å². The van der Waals surface area contributed by atoms with E-state index in [9.17, 15) is 4.79 Å². The lowest BCUT2D eigenvalue weighted by molar-refractivity contribution is -0.120. The number of hydrogen-bond acceptors (Lipinski definition) is 2. The van der Waals surface area contributed by atoms with Gasteiger partial charge in [0, 0.05) is 6.54 Å². The Hall–Kier alpha value is -0.830. The summed E-state index contributed by atoms with van der Waals surface area (Å²) < 4.78 is 0. The standard InChI is InChI=1S/C7H12N2O/c1-5-2-3-6(7(8)10)9-4-5/h6,9H,1-4H2,(H2,8,10)/t6-/m0/s1. The normalized spacial score (nSPS) is 26.4. The van der Waals surface area contributed by atoms with Crippen molar-refractivity contribution in [3.63, 3.8) is 0 Å². The molecular weight excluding hydrogens is 128 g/mol. The molecule has 1 rings (SSSR count). The van der Waals surface area contributed by atoms with Gasteiger partial charge < -0.3 is 11.1 Å². The molecule has 0 spiro atoms. The molecule has 56 valence electrons. The van der Waals surface area contributed by atoms with Gasteiger partial charge in [-0.15, -0.1) is 0 Å². The van der Waals surface area contributed by atoms with Crippen molar-refractivity contribution in [3.05, 3.63) is 12.2 Å². The lowest BCUT2D eigenvalue weighted by Crippen LogP contribution is -2.44. The van der Waals surface area contributed by atoms with E-state index < -0.39 is 0 Å². The number of nitrogens with two attached hydrogens (primary N) is 1. The highest BCUT2D eigenvalue weighted by Crippen LogP contribution is 2.10. The molecule has 1 aliphatic rings. The fraction of sp³-hybridized carbons (Fsp3) is 0.571. The molecule has 0 aromatic carbocycles. The van der Waals surface area contributed by atoms with Gasteiger partial charge in [0.25, 0.3) is 0 Å². The molecule has 1 atom stereocenters. The Morgan fingerprint density at radius 1 is 1.80 bits per heavy atom. The first-order valence-corrected chi connectivity index (χ1v) is 3.39. The molecule has 1 heterocycles. The first-order valence-electron chi connectivity index (χ1n) is 3.39. The highest BCUT2D eigenvalue weighted by Gasteiger charge is 2.18. The van der Waals surface area contributed by atoms with Gasteiger partial charge in [0.1, 0.15) is 0 Å². The van der Waals surface area contributed by atoms with Gasteiger partial charge in [0.05, 0.1) is 6.04 Å². The molecule has 3 heteroatoms. The van der Waals surface area contributed by atoms with Gasteiger partial charge >= 0.3 is 0 Å². The Balaban J connectivity index is 2.40. The Morgan fingerprint density at radius 3 is 2.90 bits per heavy atom. The van der Waals surface area contributed by atoms with Gasteiger partial charge in [0.15, 0.2) is 0 Å². The van der Waals surface area contributed by atoms with E-state index >= 15 is 0 Å². The third kappa shape index (κ3) is 1.57. The Labute approximate surface area is 60.3 Å². The number of amides is 1. The average molecular weight is 140 g/mol. The first-order chi connectivity index (χ1) is 4.70. The quantitative estimate of drug-likeness (QED) is 0.495. The smallest absolute Gasteiger partial charge is 0.234 e. The van der Waals surface area contributed by atoms with Crippen LogP contribution in [-0.2, 0) is 4.79 Å². The van der Waals surface area contributed by atoms with Crippen LogP contribution in [0.3, 0.4) is 0 Å². The van der Waals surface area contributed by atoms with E-state index in [0.717, 1.165) is 25.0 Å². The van der Waals surface area contributed by atoms with Gasteiger partial charge in [-0.3, -0.25) is 4.79 Å². The van der Waals surface area contributed by atoms with E-state index in [1.807, 2.05) is 0 Å². The second-order valence-corrected chi connectivity index (χ2v) is 2.62. The van der Waals surface area contributed by atoms with E-state index in [0.29, 0.717) is 0 Å². The number of rotatable bonds is 1. The van der Waals surface area contributed by atoms with Crippen LogP contribution < -0.4 is 11.1 Å². The maximum absolute atomic E-state index is 10.6. The lowest BCUT2D eigenvalue weighted by Gasteiger charge is -2.21. The van der Waals surface area contributed by atoms with Crippen molar-refractivity contribution in [3.8, 4) is 0 Å². The predicted molar refractivity (Wildman–Crippen MR) is 39.4 cm³/mol. The highest BCUT2D eigenvalue weighted by atomic mass is 16.1. The van der Waals surface area contributed by atoms with E-state index in [1.165, 1.54) is 0 Å². The third-order valence-corrected chi connectivity index (χ3v) is 1.73. The predicted octanol–water partition coefficient (Wildman–Crippen LogP) is -0.220. The third-order valence-electron chi connectivity index (χ3n) is 1.73. The molecule has 0 aromatic heterocycles. The number of hydrogen-bond donors (Lipinski definition) is 2. The summed E-state index contributed by atoms with van der Waals surface area (Å²) in [5, 5.41) is 2.99. The van der Waals surface area contributed by atoms with Gasteiger partial charge in [0.2, 0.25) is 5.91 Å². The van der Waals surface area contributed by atoms with Gasteiger partial charge in [-0.05, 0) is 12.8 Å². The summed E-state index contributed by atoms with van der Waals surface area (Å²) in [6.45, 7) is 4.52. The van der Waals surface area contributed by atoms with Crippen LogP contribution >= 0.6 is 0 Å². The van der Waals surface area contributed by atoms with Crippen molar-refractivity contribution in [2.24, 2.45) is 5.73 Å². The maximum Gasteiger partial charge on any atom is 0.234 e. The van der Waals surface area contributed by atoms with Crippen molar-refractivity contribution in [1.82, 2.24) is 5.32 Å². The molecule has 0 unspecified atom stereocenters. The van der Waals surface area contributed by atoms with Crippen LogP contribution in [0, 0.1) is 0 Å². The lowest BCUT2D eigenvalue weighted by atomic mass is 10.0. The molecule has 1 fully saturated rings. The number of nitrogens with one attached hydrogen (secondary N) is 1. The Kier molecular flexibility index (Phi) is 2.06.